The van der Waals surface area contributed by atoms with Gasteiger partial charge in [0.25, 0.3) is 0 Å². The van der Waals surface area contributed by atoms with Crippen molar-refractivity contribution in [3.05, 3.63) is 0 Å². The number of aliphatic hydroxyl groups is 1. The van der Waals surface area contributed by atoms with Crippen LogP contribution in [0, 0.1) is 0 Å². The molecule has 1 fully saturated rings. The minimum atomic E-state index is -3.37. The summed E-state index contributed by atoms with van der Waals surface area (Å²) >= 11 is 0. The molecule has 2 N–H and O–H groups in total. The number of sulfonamides is 1. The van der Waals surface area contributed by atoms with Gasteiger partial charge in [0, 0.05) is 39.2 Å². The number of ether oxygens (including phenoxy) is 2. The Labute approximate surface area is 102 Å². The first kappa shape index (κ1) is 14.8. The summed E-state index contributed by atoms with van der Waals surface area (Å²) in [6.45, 7) is 3.47. The summed E-state index contributed by atoms with van der Waals surface area (Å²) in [5, 5.41) is 10.1. The molecular formula is C10H21NO5S. The SMILES string of the molecule is CCOCCS(=O)(=O)NCC1(O)CCOCC1. The molecule has 1 saturated heterocycles. The molecule has 17 heavy (non-hydrogen) atoms. The van der Waals surface area contributed by atoms with E-state index in [2.05, 4.69) is 4.72 Å². The predicted molar refractivity (Wildman–Crippen MR) is 63.3 cm³/mol. The number of rotatable bonds is 7. The highest BCUT2D eigenvalue weighted by Gasteiger charge is 2.30. The van der Waals surface area contributed by atoms with Gasteiger partial charge in [-0.15, -0.1) is 0 Å². The van der Waals surface area contributed by atoms with E-state index in [9.17, 15) is 13.5 Å². The average molecular weight is 267 g/mol. The van der Waals surface area contributed by atoms with Crippen LogP contribution in [-0.2, 0) is 19.5 Å². The first-order valence-electron chi connectivity index (χ1n) is 5.83. The van der Waals surface area contributed by atoms with Gasteiger partial charge in [-0.1, -0.05) is 0 Å². The van der Waals surface area contributed by atoms with E-state index in [0.29, 0.717) is 32.7 Å². The Balaban J connectivity index is 2.32. The van der Waals surface area contributed by atoms with Gasteiger partial charge in [-0.2, -0.15) is 0 Å². The van der Waals surface area contributed by atoms with Gasteiger partial charge >= 0.3 is 0 Å². The summed E-state index contributed by atoms with van der Waals surface area (Å²) in [6.07, 6.45) is 0.919. The predicted octanol–water partition coefficient (Wildman–Crippen LogP) is -0.516. The lowest BCUT2D eigenvalue weighted by atomic mass is 9.95. The topological polar surface area (TPSA) is 84.9 Å². The van der Waals surface area contributed by atoms with Crippen LogP contribution in [0.5, 0.6) is 0 Å². The lowest BCUT2D eigenvalue weighted by molar-refractivity contribution is -0.0588. The fourth-order valence-corrected chi connectivity index (χ4v) is 2.53. The lowest BCUT2D eigenvalue weighted by Gasteiger charge is -2.31. The molecule has 0 radical (unpaired) electrons. The smallest absolute Gasteiger partial charge is 0.213 e. The fraction of sp³-hybridized carbons (Fsp3) is 1.00. The van der Waals surface area contributed by atoms with Crippen molar-refractivity contribution in [2.75, 3.05) is 38.7 Å². The van der Waals surface area contributed by atoms with Crippen LogP contribution in [0.1, 0.15) is 19.8 Å². The van der Waals surface area contributed by atoms with E-state index >= 15 is 0 Å². The quantitative estimate of drug-likeness (QED) is 0.607. The van der Waals surface area contributed by atoms with Crippen LogP contribution >= 0.6 is 0 Å². The molecule has 7 heteroatoms. The number of hydrogen-bond acceptors (Lipinski definition) is 5. The third kappa shape index (κ3) is 5.78. The minimum Gasteiger partial charge on any atom is -0.388 e. The van der Waals surface area contributed by atoms with Crippen LogP contribution in [0.3, 0.4) is 0 Å². The normalized spacial score (nSPS) is 20.4. The highest BCUT2D eigenvalue weighted by molar-refractivity contribution is 7.89. The minimum absolute atomic E-state index is 0.0464. The van der Waals surface area contributed by atoms with Crippen molar-refractivity contribution >= 4 is 10.0 Å². The molecule has 1 heterocycles. The molecule has 0 aromatic carbocycles. The van der Waals surface area contributed by atoms with Crippen LogP contribution in [0.2, 0.25) is 0 Å². The second-order valence-corrected chi connectivity index (χ2v) is 6.10. The van der Waals surface area contributed by atoms with Crippen LogP contribution in [0.25, 0.3) is 0 Å². The van der Waals surface area contributed by atoms with E-state index in [1.54, 1.807) is 0 Å². The molecular weight excluding hydrogens is 246 g/mol. The molecule has 6 nitrogen and oxygen atoms in total. The van der Waals surface area contributed by atoms with Crippen molar-refractivity contribution in [2.24, 2.45) is 0 Å². The van der Waals surface area contributed by atoms with Crippen LogP contribution in [0.15, 0.2) is 0 Å². The number of nitrogens with one attached hydrogen (secondary N) is 1. The molecule has 1 aliphatic rings. The Morgan fingerprint density at radius 1 is 1.41 bits per heavy atom. The first-order chi connectivity index (χ1) is 7.97. The molecule has 102 valence electrons. The summed E-state index contributed by atoms with van der Waals surface area (Å²) in [5.74, 6) is -0.0760. The van der Waals surface area contributed by atoms with E-state index in [-0.39, 0.29) is 18.9 Å². The van der Waals surface area contributed by atoms with Gasteiger partial charge in [0.1, 0.15) is 0 Å². The van der Waals surface area contributed by atoms with Gasteiger partial charge in [-0.25, -0.2) is 13.1 Å². The molecule has 0 atom stereocenters. The molecule has 0 bridgehead atoms. The first-order valence-corrected chi connectivity index (χ1v) is 7.48. The number of hydrogen-bond donors (Lipinski definition) is 2. The second kappa shape index (κ2) is 6.65. The summed E-state index contributed by atoms with van der Waals surface area (Å²) in [6, 6.07) is 0. The maximum Gasteiger partial charge on any atom is 0.213 e. The Bertz CT molecular complexity index is 311. The summed E-state index contributed by atoms with van der Waals surface area (Å²) < 4.78 is 35.6. The monoisotopic (exact) mass is 267 g/mol. The zero-order valence-corrected chi connectivity index (χ0v) is 11.0. The molecule has 0 saturated carbocycles. The fourth-order valence-electron chi connectivity index (χ4n) is 1.56. The van der Waals surface area contributed by atoms with E-state index in [1.807, 2.05) is 6.92 Å². The van der Waals surface area contributed by atoms with Gasteiger partial charge < -0.3 is 14.6 Å². The van der Waals surface area contributed by atoms with E-state index < -0.39 is 15.6 Å². The lowest BCUT2D eigenvalue weighted by Crippen LogP contribution is -2.47. The van der Waals surface area contributed by atoms with Gasteiger partial charge in [-0.3, -0.25) is 0 Å². The Morgan fingerprint density at radius 2 is 2.06 bits per heavy atom. The zero-order valence-electron chi connectivity index (χ0n) is 10.1. The summed E-state index contributed by atoms with van der Waals surface area (Å²) in [7, 11) is -3.37. The zero-order chi connectivity index (χ0) is 12.8. The van der Waals surface area contributed by atoms with Crippen molar-refractivity contribution < 1.29 is 23.0 Å². The summed E-state index contributed by atoms with van der Waals surface area (Å²) in [5.41, 5.74) is -0.975. The van der Waals surface area contributed by atoms with Gasteiger partial charge in [0.15, 0.2) is 0 Å². The highest BCUT2D eigenvalue weighted by Crippen LogP contribution is 2.19. The Morgan fingerprint density at radius 3 is 2.65 bits per heavy atom. The maximum atomic E-state index is 11.6. The molecule has 0 aromatic rings. The Kier molecular flexibility index (Phi) is 5.81. The third-order valence-corrected chi connectivity index (χ3v) is 4.03. The van der Waals surface area contributed by atoms with Crippen molar-refractivity contribution in [1.29, 1.82) is 0 Å². The maximum absolute atomic E-state index is 11.6. The van der Waals surface area contributed by atoms with Crippen molar-refractivity contribution in [2.45, 2.75) is 25.4 Å². The molecule has 0 spiro atoms. The van der Waals surface area contributed by atoms with Crippen LogP contribution < -0.4 is 4.72 Å². The largest absolute Gasteiger partial charge is 0.388 e. The standard InChI is InChI=1S/C10H21NO5S/c1-2-15-7-8-17(13,14)11-9-10(12)3-5-16-6-4-10/h11-12H,2-9H2,1H3. The molecule has 1 rings (SSSR count). The van der Waals surface area contributed by atoms with Crippen molar-refractivity contribution in [3.8, 4) is 0 Å². The summed E-state index contributed by atoms with van der Waals surface area (Å²) in [4.78, 5) is 0. The van der Waals surface area contributed by atoms with E-state index in [4.69, 9.17) is 9.47 Å². The highest BCUT2D eigenvalue weighted by atomic mass is 32.2. The molecule has 0 amide bonds. The van der Waals surface area contributed by atoms with Crippen LogP contribution in [-0.4, -0.2) is 57.9 Å². The molecule has 0 unspecified atom stereocenters. The van der Waals surface area contributed by atoms with Crippen molar-refractivity contribution in [1.82, 2.24) is 4.72 Å². The van der Waals surface area contributed by atoms with Gasteiger partial charge in [-0.05, 0) is 6.92 Å². The Hall–Kier alpha value is -0.210. The molecule has 0 aliphatic carbocycles. The second-order valence-electron chi connectivity index (χ2n) is 4.17. The third-order valence-electron chi connectivity index (χ3n) is 2.75. The average Bonchev–Trinajstić information content (AvgIpc) is 2.28. The van der Waals surface area contributed by atoms with Gasteiger partial charge in [0.2, 0.25) is 10.0 Å². The van der Waals surface area contributed by atoms with Crippen LogP contribution in [0.4, 0.5) is 0 Å². The molecule has 1 aliphatic heterocycles. The van der Waals surface area contributed by atoms with E-state index in [1.165, 1.54) is 0 Å². The molecule has 0 aromatic heterocycles. The van der Waals surface area contributed by atoms with E-state index in [0.717, 1.165) is 0 Å². The van der Waals surface area contributed by atoms with Crippen molar-refractivity contribution in [3.63, 3.8) is 0 Å². The van der Waals surface area contributed by atoms with Gasteiger partial charge in [0.05, 0.1) is 18.0 Å².